The Hall–Kier alpha value is -0.270. The molecule has 0 aromatic rings. The van der Waals surface area contributed by atoms with Gasteiger partial charge in [0.1, 0.15) is 42.7 Å². The summed E-state index contributed by atoms with van der Waals surface area (Å²) in [6, 6.07) is 0. The van der Waals surface area contributed by atoms with Gasteiger partial charge in [-0.3, -0.25) is 0 Å². The van der Waals surface area contributed by atoms with E-state index in [4.69, 9.17) is 35.3 Å². The van der Waals surface area contributed by atoms with E-state index in [1.54, 1.807) is 0 Å². The van der Waals surface area contributed by atoms with Crippen molar-refractivity contribution in [1.29, 1.82) is 0 Å². The molecule has 0 radical (unpaired) electrons. The lowest BCUT2D eigenvalue weighted by Crippen LogP contribution is -2.67. The Bertz CT molecular complexity index is 895. The highest BCUT2D eigenvalue weighted by atomic mass is 35.5. The molecule has 2 aliphatic carbocycles. The van der Waals surface area contributed by atoms with Crippen molar-refractivity contribution >= 4 is 11.6 Å². The molecule has 0 bridgehead atoms. The van der Waals surface area contributed by atoms with E-state index in [1.165, 1.54) is 6.92 Å². The first kappa shape index (κ1) is 33.1. The van der Waals surface area contributed by atoms with Gasteiger partial charge in [0.15, 0.2) is 24.6 Å². The summed E-state index contributed by atoms with van der Waals surface area (Å²) >= 11 is 6.73. The summed E-state index contributed by atoms with van der Waals surface area (Å²) in [6.07, 6.45) is -13.6. The van der Waals surface area contributed by atoms with E-state index < -0.39 is 97.5 Å². The van der Waals surface area contributed by atoms with Gasteiger partial charge in [0, 0.05) is 18.8 Å². The topological polar surface area (TPSA) is 232 Å². The number of ether oxygens (including phenoxy) is 5. The first-order valence-corrected chi connectivity index (χ1v) is 15.3. The average molecular weight is 630 g/mol. The van der Waals surface area contributed by atoms with Crippen LogP contribution >= 0.6 is 11.6 Å². The molecular weight excluding hydrogens is 584 g/mol. The van der Waals surface area contributed by atoms with Gasteiger partial charge in [0.2, 0.25) is 0 Å². The fourth-order valence-corrected chi connectivity index (χ4v) is 7.55. The number of hydrogen-bond donors (Lipinski definition) is 9. The Morgan fingerprint density at radius 3 is 2.19 bits per heavy atom. The molecular formula is C27H46ClO14+. The smallest absolute Gasteiger partial charge is 0.279 e. The van der Waals surface area contributed by atoms with E-state index in [-0.39, 0.29) is 30.8 Å². The second kappa shape index (κ2) is 13.2. The van der Waals surface area contributed by atoms with Crippen LogP contribution in [0.15, 0.2) is 0 Å². The average Bonchev–Trinajstić information content (AvgIpc) is 2.95. The molecule has 15 heteroatoms. The SMILES string of the molecule is CC1OC(OCC2OC(Cl)(OC3CC4C(O)CC(O)CC4[OH+]C3C3CCC(O)CC3)C(O)C(O)C2O)C(O)C(O)C1O. The third-order valence-electron chi connectivity index (χ3n) is 9.75. The fraction of sp³-hybridized carbons (Fsp3) is 1.00. The van der Waals surface area contributed by atoms with Gasteiger partial charge in [-0.25, -0.2) is 0 Å². The van der Waals surface area contributed by atoms with Gasteiger partial charge in [0.05, 0.1) is 36.9 Å². The molecule has 5 rings (SSSR count). The predicted octanol–water partition coefficient (Wildman–Crippen LogP) is -3.06. The molecule has 0 aromatic heterocycles. The molecule has 10 N–H and O–H groups in total. The zero-order chi connectivity index (χ0) is 30.5. The van der Waals surface area contributed by atoms with Crippen LogP contribution in [0.3, 0.4) is 0 Å². The quantitative estimate of drug-likeness (QED) is 0.105. The number of fused-ring (bicyclic) bond motifs is 1. The number of aliphatic hydroxyl groups is 11. The Morgan fingerprint density at radius 2 is 1.50 bits per heavy atom. The molecule has 5 fully saturated rings. The summed E-state index contributed by atoms with van der Waals surface area (Å²) in [5.41, 5.74) is 0. The van der Waals surface area contributed by atoms with E-state index in [2.05, 4.69) is 0 Å². The maximum Gasteiger partial charge on any atom is 0.279 e. The highest BCUT2D eigenvalue weighted by Gasteiger charge is 2.59. The van der Waals surface area contributed by atoms with Crippen molar-refractivity contribution < 1.29 is 69.6 Å². The molecule has 5 aliphatic rings. The van der Waals surface area contributed by atoms with Crippen LogP contribution in [-0.2, 0) is 18.9 Å². The highest BCUT2D eigenvalue weighted by molar-refractivity contribution is 6.22. The summed E-state index contributed by atoms with van der Waals surface area (Å²) in [5, 5.41) is 91.3. The van der Waals surface area contributed by atoms with Crippen LogP contribution in [0.5, 0.6) is 0 Å². The van der Waals surface area contributed by atoms with Crippen LogP contribution in [-0.4, -0.2) is 154 Å². The molecule has 3 aliphatic heterocycles. The maximum atomic E-state index is 10.9. The largest absolute Gasteiger partial charge is 0.427 e. The van der Waals surface area contributed by atoms with Crippen molar-refractivity contribution in [3.05, 3.63) is 0 Å². The van der Waals surface area contributed by atoms with Gasteiger partial charge in [-0.1, -0.05) is 11.6 Å². The summed E-state index contributed by atoms with van der Waals surface area (Å²) in [7, 11) is 0. The van der Waals surface area contributed by atoms with E-state index in [0.29, 0.717) is 32.1 Å². The normalized spacial score (nSPS) is 55.6. The lowest BCUT2D eigenvalue weighted by atomic mass is 9.73. The van der Waals surface area contributed by atoms with Crippen molar-refractivity contribution in [2.24, 2.45) is 11.8 Å². The molecule has 0 spiro atoms. The van der Waals surface area contributed by atoms with Crippen molar-refractivity contribution in [2.45, 2.75) is 149 Å². The van der Waals surface area contributed by atoms with Gasteiger partial charge >= 0.3 is 0 Å². The van der Waals surface area contributed by atoms with Gasteiger partial charge < -0.3 is 69.6 Å². The Labute approximate surface area is 248 Å². The second-order valence-corrected chi connectivity index (χ2v) is 13.2. The number of halogens is 1. The summed E-state index contributed by atoms with van der Waals surface area (Å²) < 4.78 is 28.0. The molecule has 16 atom stereocenters. The zero-order valence-corrected chi connectivity index (χ0v) is 24.2. The number of aliphatic hydroxyl groups excluding tert-OH is 9. The predicted molar refractivity (Wildman–Crippen MR) is 142 cm³/mol. The van der Waals surface area contributed by atoms with Crippen LogP contribution in [0.25, 0.3) is 0 Å². The van der Waals surface area contributed by atoms with Crippen LogP contribution < -0.4 is 0 Å². The third-order valence-corrected chi connectivity index (χ3v) is 10.2. The molecule has 0 aromatic carbocycles. The van der Waals surface area contributed by atoms with Crippen molar-refractivity contribution in [3.63, 3.8) is 0 Å². The minimum Gasteiger partial charge on any atom is -0.427 e. The molecule has 42 heavy (non-hydrogen) atoms. The standard InChI is InChI=1S/C27H45ClO14/c1-10-19(32)21(34)23(36)26(39-10)38-9-18-20(33)22(35)25(37)27(28,42-18)41-17-8-14-15(31)6-13(30)7-16(14)40-24(17)11-2-4-12(29)5-3-11/h10-26,29-37H,2-9H2,1H3/p+1. The van der Waals surface area contributed by atoms with Crippen molar-refractivity contribution in [3.8, 4) is 0 Å². The van der Waals surface area contributed by atoms with Crippen molar-refractivity contribution in [1.82, 2.24) is 0 Å². The van der Waals surface area contributed by atoms with Crippen LogP contribution in [0.4, 0.5) is 0 Å². The minimum atomic E-state index is -2.36. The van der Waals surface area contributed by atoms with Gasteiger partial charge in [-0.2, -0.15) is 0 Å². The maximum absolute atomic E-state index is 10.9. The lowest BCUT2D eigenvalue weighted by Gasteiger charge is -2.50. The van der Waals surface area contributed by atoms with E-state index in [9.17, 15) is 46.0 Å². The summed E-state index contributed by atoms with van der Waals surface area (Å²) in [4.78, 5) is 0. The van der Waals surface area contributed by atoms with E-state index in [0.717, 1.165) is 0 Å². The lowest BCUT2D eigenvalue weighted by molar-refractivity contribution is -0.377. The van der Waals surface area contributed by atoms with Crippen LogP contribution in [0, 0.1) is 11.8 Å². The van der Waals surface area contributed by atoms with Crippen molar-refractivity contribution in [2.75, 3.05) is 6.61 Å². The Kier molecular flexibility index (Phi) is 10.4. The van der Waals surface area contributed by atoms with Crippen LogP contribution in [0.1, 0.15) is 51.9 Å². The summed E-state index contributed by atoms with van der Waals surface area (Å²) in [6.45, 7) is 0.979. The zero-order valence-electron chi connectivity index (χ0n) is 23.5. The number of rotatable bonds is 6. The fourth-order valence-electron chi connectivity index (χ4n) is 7.19. The minimum absolute atomic E-state index is 0.0000813. The Morgan fingerprint density at radius 1 is 0.810 bits per heavy atom. The molecule has 3 saturated heterocycles. The first-order chi connectivity index (χ1) is 19.8. The van der Waals surface area contributed by atoms with Crippen LogP contribution in [0.2, 0.25) is 0 Å². The third kappa shape index (κ3) is 6.64. The van der Waals surface area contributed by atoms with E-state index >= 15 is 0 Å². The monoisotopic (exact) mass is 629 g/mol. The molecule has 3 heterocycles. The molecule has 14 nitrogen and oxygen atoms in total. The number of hydrogen-bond acceptors (Lipinski definition) is 13. The van der Waals surface area contributed by atoms with Gasteiger partial charge in [0.25, 0.3) is 5.25 Å². The summed E-state index contributed by atoms with van der Waals surface area (Å²) in [5.74, 6) is -0.340. The van der Waals surface area contributed by atoms with E-state index in [1.807, 2.05) is 0 Å². The molecule has 0 amide bonds. The number of alkyl halides is 1. The molecule has 2 saturated carbocycles. The first-order valence-electron chi connectivity index (χ1n) is 14.9. The molecule has 16 unspecified atom stereocenters. The second-order valence-electron chi connectivity index (χ2n) is 12.7. The highest BCUT2D eigenvalue weighted by Crippen LogP contribution is 2.45. The van der Waals surface area contributed by atoms with Gasteiger partial charge in [-0.05, 0) is 39.0 Å². The Balaban J connectivity index is 1.32. The van der Waals surface area contributed by atoms with Gasteiger partial charge in [-0.15, -0.1) is 0 Å². The molecule has 244 valence electrons.